The average molecular weight is 350 g/mol. The van der Waals surface area contributed by atoms with Crippen LogP contribution in [0.2, 0.25) is 5.02 Å². The highest BCUT2D eigenvalue weighted by molar-refractivity contribution is 6.33. The van der Waals surface area contributed by atoms with E-state index in [1.807, 2.05) is 6.08 Å². The van der Waals surface area contributed by atoms with Gasteiger partial charge in [-0.2, -0.15) is 0 Å². The summed E-state index contributed by atoms with van der Waals surface area (Å²) >= 11 is 6.07. The fourth-order valence-electron chi connectivity index (χ4n) is 4.00. The molecular weight excluding hydrogens is 326 g/mol. The number of nitrogens with one attached hydrogen (secondary N) is 1. The van der Waals surface area contributed by atoms with Crippen molar-refractivity contribution in [1.29, 1.82) is 0 Å². The van der Waals surface area contributed by atoms with Crippen LogP contribution in [0.3, 0.4) is 0 Å². The monoisotopic (exact) mass is 349 g/mol. The number of carbonyl (C=O) groups excluding carboxylic acids is 1. The molecule has 130 valence electrons. The molecule has 2 aliphatic rings. The minimum atomic E-state index is -0.179. The molecule has 2 saturated heterocycles. The first-order chi connectivity index (χ1) is 11.5. The number of rotatable bonds is 5. The largest absolute Gasteiger partial charge is 0.496 e. The Kier molecular flexibility index (Phi) is 5.01. The standard InChI is InChI=1S/C18H24ClN3O2/c1-3-4-15-11-5-6-17(22(15)8-7-11)21-18(23)12-9-13(19)14(20)10-16(12)24-2/h3,9-11,15,17H,1,4-8,20H2,2H3,(H,21,23). The molecule has 2 aliphatic heterocycles. The van der Waals surface area contributed by atoms with Crippen LogP contribution in [0, 0.1) is 5.92 Å². The minimum Gasteiger partial charge on any atom is -0.496 e. The number of ether oxygens (including phenoxy) is 1. The van der Waals surface area contributed by atoms with Gasteiger partial charge in [-0.25, -0.2) is 0 Å². The lowest BCUT2D eigenvalue weighted by Crippen LogP contribution is -2.53. The summed E-state index contributed by atoms with van der Waals surface area (Å²) in [6, 6.07) is 3.64. The van der Waals surface area contributed by atoms with E-state index in [0.29, 0.717) is 28.1 Å². The Morgan fingerprint density at radius 1 is 1.50 bits per heavy atom. The van der Waals surface area contributed by atoms with Crippen molar-refractivity contribution in [1.82, 2.24) is 10.2 Å². The number of hydrogen-bond acceptors (Lipinski definition) is 4. The first kappa shape index (κ1) is 17.1. The number of nitrogens with two attached hydrogens (primary N) is 1. The topological polar surface area (TPSA) is 67.6 Å². The van der Waals surface area contributed by atoms with Crippen molar-refractivity contribution in [2.45, 2.75) is 37.9 Å². The predicted molar refractivity (Wildman–Crippen MR) is 96.3 cm³/mol. The number of piperidine rings is 1. The number of fused-ring (bicyclic) bond motifs is 2. The van der Waals surface area contributed by atoms with Crippen LogP contribution in [-0.4, -0.2) is 36.7 Å². The van der Waals surface area contributed by atoms with Crippen LogP contribution < -0.4 is 15.8 Å². The third-order valence-corrected chi connectivity index (χ3v) is 5.54. The SMILES string of the molecule is C=CCC1C2CCC(NC(=O)c3cc(Cl)c(N)cc3OC)[N@@]1CC2. The number of halogens is 1. The maximum atomic E-state index is 12.8. The first-order valence-electron chi connectivity index (χ1n) is 8.35. The lowest BCUT2D eigenvalue weighted by molar-refractivity contribution is 0.0667. The summed E-state index contributed by atoms with van der Waals surface area (Å²) in [6.07, 6.45) is 6.29. The summed E-state index contributed by atoms with van der Waals surface area (Å²) in [4.78, 5) is 15.2. The van der Waals surface area contributed by atoms with Crippen LogP contribution in [-0.2, 0) is 0 Å². The molecule has 6 heteroatoms. The maximum Gasteiger partial charge on any atom is 0.256 e. The van der Waals surface area contributed by atoms with Gasteiger partial charge in [0.25, 0.3) is 5.91 Å². The molecule has 3 N–H and O–H groups in total. The summed E-state index contributed by atoms with van der Waals surface area (Å²) < 4.78 is 5.29. The van der Waals surface area contributed by atoms with Gasteiger partial charge in [-0.15, -0.1) is 6.58 Å². The summed E-state index contributed by atoms with van der Waals surface area (Å²) in [5.74, 6) is 0.977. The Morgan fingerprint density at radius 2 is 2.29 bits per heavy atom. The molecule has 3 rings (SSSR count). The molecule has 0 aliphatic carbocycles. The number of anilines is 1. The van der Waals surface area contributed by atoms with Gasteiger partial charge in [-0.05, 0) is 37.7 Å². The molecule has 1 aromatic carbocycles. The summed E-state index contributed by atoms with van der Waals surface area (Å²) in [5.41, 5.74) is 6.60. The zero-order valence-electron chi connectivity index (χ0n) is 13.9. The van der Waals surface area contributed by atoms with Gasteiger partial charge in [0.05, 0.1) is 29.5 Å². The van der Waals surface area contributed by atoms with E-state index in [1.54, 1.807) is 12.1 Å². The van der Waals surface area contributed by atoms with E-state index in [-0.39, 0.29) is 12.1 Å². The van der Waals surface area contributed by atoms with E-state index >= 15 is 0 Å². The molecule has 1 amide bonds. The number of benzene rings is 1. The summed E-state index contributed by atoms with van der Waals surface area (Å²) in [6.45, 7) is 4.89. The number of carbonyl (C=O) groups is 1. The van der Waals surface area contributed by atoms with Gasteiger partial charge in [0, 0.05) is 18.7 Å². The Labute approximate surface area is 147 Å². The van der Waals surface area contributed by atoms with E-state index in [0.717, 1.165) is 31.7 Å². The van der Waals surface area contributed by atoms with Gasteiger partial charge in [0.15, 0.2) is 0 Å². The zero-order chi connectivity index (χ0) is 17.3. The maximum absolute atomic E-state index is 12.8. The Bertz CT molecular complexity index is 649. The number of hydrogen-bond donors (Lipinski definition) is 2. The fourth-order valence-corrected chi connectivity index (χ4v) is 4.17. The molecule has 0 radical (unpaired) electrons. The van der Waals surface area contributed by atoms with E-state index in [4.69, 9.17) is 22.1 Å². The van der Waals surface area contributed by atoms with Gasteiger partial charge in [0.1, 0.15) is 5.75 Å². The zero-order valence-corrected chi connectivity index (χ0v) is 14.7. The molecule has 3 unspecified atom stereocenters. The van der Waals surface area contributed by atoms with E-state index < -0.39 is 0 Å². The van der Waals surface area contributed by atoms with Crippen molar-refractivity contribution in [2.75, 3.05) is 19.4 Å². The highest BCUT2D eigenvalue weighted by atomic mass is 35.5. The highest BCUT2D eigenvalue weighted by Gasteiger charge is 2.41. The van der Waals surface area contributed by atoms with E-state index in [9.17, 15) is 4.79 Å². The van der Waals surface area contributed by atoms with Crippen molar-refractivity contribution in [3.8, 4) is 5.75 Å². The normalized spacial score (nSPS) is 28.4. The molecule has 2 fully saturated rings. The third-order valence-electron chi connectivity index (χ3n) is 5.21. The molecule has 0 aromatic heterocycles. The lowest BCUT2D eigenvalue weighted by Gasteiger charge is -2.39. The van der Waals surface area contributed by atoms with Crippen LogP contribution in [0.1, 0.15) is 36.0 Å². The lowest BCUT2D eigenvalue weighted by atomic mass is 9.89. The number of amides is 1. The van der Waals surface area contributed by atoms with Crippen molar-refractivity contribution >= 4 is 23.2 Å². The first-order valence-corrected chi connectivity index (χ1v) is 8.73. The average Bonchev–Trinajstić information content (AvgIpc) is 2.84. The van der Waals surface area contributed by atoms with Gasteiger partial charge < -0.3 is 15.8 Å². The Hall–Kier alpha value is -1.72. The summed E-state index contributed by atoms with van der Waals surface area (Å²) in [5, 5.41) is 3.50. The molecule has 24 heavy (non-hydrogen) atoms. The smallest absolute Gasteiger partial charge is 0.256 e. The molecule has 4 atom stereocenters. The van der Waals surface area contributed by atoms with Crippen molar-refractivity contribution in [2.24, 2.45) is 5.92 Å². The Morgan fingerprint density at radius 3 is 3.00 bits per heavy atom. The number of nitrogens with zero attached hydrogens (tertiary/aromatic N) is 1. The van der Waals surface area contributed by atoms with Crippen LogP contribution in [0.25, 0.3) is 0 Å². The Balaban J connectivity index is 1.77. The van der Waals surface area contributed by atoms with Crippen molar-refractivity contribution in [3.05, 3.63) is 35.4 Å². The second-order valence-electron chi connectivity index (χ2n) is 6.52. The van der Waals surface area contributed by atoms with Crippen molar-refractivity contribution in [3.63, 3.8) is 0 Å². The van der Waals surface area contributed by atoms with Gasteiger partial charge in [0.2, 0.25) is 0 Å². The summed E-state index contributed by atoms with van der Waals surface area (Å²) in [7, 11) is 1.52. The minimum absolute atomic E-state index is 0.0437. The highest BCUT2D eigenvalue weighted by Crippen LogP contribution is 2.38. The van der Waals surface area contributed by atoms with Gasteiger partial charge >= 0.3 is 0 Å². The second kappa shape index (κ2) is 7.03. The predicted octanol–water partition coefficient (Wildman–Crippen LogP) is 3.05. The number of methoxy groups -OCH3 is 1. The van der Waals surface area contributed by atoms with Crippen LogP contribution in [0.5, 0.6) is 5.75 Å². The quantitative estimate of drug-likeness (QED) is 0.633. The second-order valence-corrected chi connectivity index (χ2v) is 6.93. The van der Waals surface area contributed by atoms with E-state index in [1.165, 1.54) is 13.5 Å². The molecular formula is C18H24ClN3O2. The van der Waals surface area contributed by atoms with Crippen LogP contribution in [0.4, 0.5) is 5.69 Å². The molecule has 5 nitrogen and oxygen atoms in total. The molecule has 2 bridgehead atoms. The van der Waals surface area contributed by atoms with E-state index in [2.05, 4.69) is 16.8 Å². The number of nitrogen functional groups attached to an aromatic ring is 1. The van der Waals surface area contributed by atoms with Crippen molar-refractivity contribution < 1.29 is 9.53 Å². The van der Waals surface area contributed by atoms with Crippen LogP contribution >= 0.6 is 11.6 Å². The molecule has 2 heterocycles. The third kappa shape index (κ3) is 3.10. The van der Waals surface area contributed by atoms with Crippen LogP contribution in [0.15, 0.2) is 24.8 Å². The van der Waals surface area contributed by atoms with Gasteiger partial charge in [-0.3, -0.25) is 9.69 Å². The molecule has 1 aromatic rings. The fraction of sp³-hybridized carbons (Fsp3) is 0.500. The molecule has 0 saturated carbocycles. The molecule has 0 spiro atoms. The van der Waals surface area contributed by atoms with Gasteiger partial charge in [-0.1, -0.05) is 17.7 Å².